The number of ether oxygens (including phenoxy) is 2. The van der Waals surface area contributed by atoms with E-state index >= 15 is 0 Å². The Morgan fingerprint density at radius 1 is 1.27 bits per heavy atom. The van der Waals surface area contributed by atoms with Crippen LogP contribution in [0.2, 0.25) is 0 Å². The third kappa shape index (κ3) is 2.43. The summed E-state index contributed by atoms with van der Waals surface area (Å²) in [7, 11) is 0. The van der Waals surface area contributed by atoms with Gasteiger partial charge in [0.1, 0.15) is 13.2 Å². The second-order valence-corrected chi connectivity index (χ2v) is 6.41. The fraction of sp³-hybridized carbons (Fsp3) is 0.588. The first-order valence-corrected chi connectivity index (χ1v) is 8.23. The molecule has 0 spiro atoms. The maximum atomic E-state index is 12.5. The number of rotatable bonds is 3. The van der Waals surface area contributed by atoms with Crippen molar-refractivity contribution in [2.45, 2.75) is 25.3 Å². The third-order valence-electron chi connectivity index (χ3n) is 5.17. The number of carbonyl (C=O) groups excluding carboxylic acids is 1. The minimum atomic E-state index is -0.0782. The SMILES string of the molecule is O=C(NCC1NC[C@@H]2CCC[C@H]12)c1cccc2c1OCCO2. The highest BCUT2D eigenvalue weighted by Crippen LogP contribution is 2.37. The van der Waals surface area contributed by atoms with Gasteiger partial charge in [0.15, 0.2) is 11.5 Å². The molecule has 5 heteroatoms. The molecule has 1 aromatic rings. The molecular weight excluding hydrogens is 280 g/mol. The van der Waals surface area contributed by atoms with Crippen LogP contribution in [0.5, 0.6) is 11.5 Å². The van der Waals surface area contributed by atoms with Gasteiger partial charge >= 0.3 is 0 Å². The van der Waals surface area contributed by atoms with E-state index in [1.165, 1.54) is 19.3 Å². The van der Waals surface area contributed by atoms with Crippen LogP contribution in [0.15, 0.2) is 18.2 Å². The van der Waals surface area contributed by atoms with Crippen molar-refractivity contribution in [3.05, 3.63) is 23.8 Å². The first-order chi connectivity index (χ1) is 10.8. The summed E-state index contributed by atoms with van der Waals surface area (Å²) in [6.07, 6.45) is 3.95. The molecule has 1 amide bonds. The van der Waals surface area contributed by atoms with Crippen LogP contribution < -0.4 is 20.1 Å². The van der Waals surface area contributed by atoms with E-state index in [0.29, 0.717) is 42.9 Å². The molecule has 2 heterocycles. The normalized spacial score (nSPS) is 29.2. The molecule has 3 aliphatic rings. The topological polar surface area (TPSA) is 59.6 Å². The molecule has 0 radical (unpaired) electrons. The Bertz CT molecular complexity index is 575. The van der Waals surface area contributed by atoms with Crippen LogP contribution in [-0.2, 0) is 0 Å². The molecule has 1 saturated heterocycles. The lowest BCUT2D eigenvalue weighted by Crippen LogP contribution is -2.40. The Hall–Kier alpha value is -1.75. The summed E-state index contributed by atoms with van der Waals surface area (Å²) in [4.78, 5) is 12.5. The Morgan fingerprint density at radius 2 is 2.18 bits per heavy atom. The Balaban J connectivity index is 1.42. The smallest absolute Gasteiger partial charge is 0.255 e. The van der Waals surface area contributed by atoms with Crippen LogP contribution in [0.3, 0.4) is 0 Å². The average molecular weight is 302 g/mol. The second-order valence-electron chi connectivity index (χ2n) is 6.41. The number of carbonyl (C=O) groups is 1. The monoisotopic (exact) mass is 302 g/mol. The van der Waals surface area contributed by atoms with E-state index in [1.807, 2.05) is 12.1 Å². The molecule has 118 valence electrons. The van der Waals surface area contributed by atoms with Crippen molar-refractivity contribution in [1.29, 1.82) is 0 Å². The predicted octanol–water partition coefficient (Wildman–Crippen LogP) is 1.58. The highest BCUT2D eigenvalue weighted by atomic mass is 16.6. The number of hydrogen-bond donors (Lipinski definition) is 2. The van der Waals surface area contributed by atoms with Crippen molar-refractivity contribution in [2.24, 2.45) is 11.8 Å². The molecule has 0 aromatic heterocycles. The van der Waals surface area contributed by atoms with E-state index in [4.69, 9.17) is 9.47 Å². The van der Waals surface area contributed by atoms with Gasteiger partial charge in [0.05, 0.1) is 5.56 Å². The minimum Gasteiger partial charge on any atom is -0.486 e. The number of hydrogen-bond acceptors (Lipinski definition) is 4. The first kappa shape index (κ1) is 13.9. The van der Waals surface area contributed by atoms with Gasteiger partial charge in [0, 0.05) is 12.6 Å². The summed E-state index contributed by atoms with van der Waals surface area (Å²) in [5.41, 5.74) is 0.568. The van der Waals surface area contributed by atoms with Crippen LogP contribution in [0.25, 0.3) is 0 Å². The van der Waals surface area contributed by atoms with Gasteiger partial charge in [-0.15, -0.1) is 0 Å². The van der Waals surface area contributed by atoms with Gasteiger partial charge in [0.25, 0.3) is 5.91 Å². The molecule has 2 N–H and O–H groups in total. The lowest BCUT2D eigenvalue weighted by atomic mass is 9.94. The standard InChI is InChI=1S/C17H22N2O3/c20-17(13-5-2-6-15-16(13)22-8-7-21-15)19-10-14-12-4-1-3-11(12)9-18-14/h2,5-6,11-12,14,18H,1,3-4,7-10H2,(H,19,20)/t11-,12-,14?/m0/s1. The molecule has 1 aliphatic carbocycles. The summed E-state index contributed by atoms with van der Waals surface area (Å²) >= 11 is 0. The zero-order chi connectivity index (χ0) is 14.9. The maximum absolute atomic E-state index is 12.5. The third-order valence-corrected chi connectivity index (χ3v) is 5.17. The molecule has 2 aliphatic heterocycles. The molecule has 3 atom stereocenters. The van der Waals surface area contributed by atoms with Crippen LogP contribution in [0, 0.1) is 11.8 Å². The second kappa shape index (κ2) is 5.80. The first-order valence-electron chi connectivity index (χ1n) is 8.23. The van der Waals surface area contributed by atoms with Crippen molar-refractivity contribution in [3.63, 3.8) is 0 Å². The zero-order valence-corrected chi connectivity index (χ0v) is 12.6. The van der Waals surface area contributed by atoms with Gasteiger partial charge in [-0.25, -0.2) is 0 Å². The Kier molecular flexibility index (Phi) is 3.66. The Morgan fingerprint density at radius 3 is 3.14 bits per heavy atom. The highest BCUT2D eigenvalue weighted by Gasteiger charge is 2.38. The number of nitrogens with one attached hydrogen (secondary N) is 2. The molecule has 1 aromatic carbocycles. The van der Waals surface area contributed by atoms with Crippen molar-refractivity contribution in [1.82, 2.24) is 10.6 Å². The molecule has 2 fully saturated rings. The molecule has 22 heavy (non-hydrogen) atoms. The van der Waals surface area contributed by atoms with Crippen LogP contribution in [-0.4, -0.2) is 38.3 Å². The van der Waals surface area contributed by atoms with Gasteiger partial charge in [0.2, 0.25) is 0 Å². The zero-order valence-electron chi connectivity index (χ0n) is 12.6. The molecule has 0 bridgehead atoms. The van der Waals surface area contributed by atoms with Gasteiger partial charge in [-0.05, 0) is 43.4 Å². The van der Waals surface area contributed by atoms with Crippen LogP contribution >= 0.6 is 0 Å². The van der Waals surface area contributed by atoms with Gasteiger partial charge < -0.3 is 20.1 Å². The molecular formula is C17H22N2O3. The summed E-state index contributed by atoms with van der Waals surface area (Å²) in [6.45, 7) is 2.81. The number of fused-ring (bicyclic) bond motifs is 2. The van der Waals surface area contributed by atoms with Gasteiger partial charge in [-0.1, -0.05) is 12.5 Å². The minimum absolute atomic E-state index is 0.0782. The van der Waals surface area contributed by atoms with E-state index in [0.717, 1.165) is 18.4 Å². The van der Waals surface area contributed by atoms with Gasteiger partial charge in [-0.2, -0.15) is 0 Å². The number of benzene rings is 1. The summed E-state index contributed by atoms with van der Waals surface area (Å²) < 4.78 is 11.1. The molecule has 4 rings (SSSR count). The molecule has 5 nitrogen and oxygen atoms in total. The molecule has 1 unspecified atom stereocenters. The van der Waals surface area contributed by atoms with Crippen molar-refractivity contribution in [3.8, 4) is 11.5 Å². The van der Waals surface area contributed by atoms with E-state index in [1.54, 1.807) is 6.07 Å². The summed E-state index contributed by atoms with van der Waals surface area (Å²) in [5, 5.41) is 6.62. The summed E-state index contributed by atoms with van der Waals surface area (Å²) in [5.74, 6) is 2.69. The predicted molar refractivity (Wildman–Crippen MR) is 82.4 cm³/mol. The van der Waals surface area contributed by atoms with E-state index in [9.17, 15) is 4.79 Å². The van der Waals surface area contributed by atoms with Crippen molar-refractivity contribution < 1.29 is 14.3 Å². The highest BCUT2D eigenvalue weighted by molar-refractivity contribution is 5.97. The maximum Gasteiger partial charge on any atom is 0.255 e. The molecule has 1 saturated carbocycles. The van der Waals surface area contributed by atoms with E-state index < -0.39 is 0 Å². The average Bonchev–Trinajstić information content (AvgIpc) is 3.16. The fourth-order valence-corrected chi connectivity index (χ4v) is 4.08. The number of amides is 1. The van der Waals surface area contributed by atoms with Crippen LogP contribution in [0.4, 0.5) is 0 Å². The lowest BCUT2D eigenvalue weighted by Gasteiger charge is -2.22. The van der Waals surface area contributed by atoms with E-state index in [2.05, 4.69) is 10.6 Å². The van der Waals surface area contributed by atoms with Crippen molar-refractivity contribution in [2.75, 3.05) is 26.3 Å². The fourth-order valence-electron chi connectivity index (χ4n) is 4.08. The number of para-hydroxylation sites is 1. The van der Waals surface area contributed by atoms with Crippen molar-refractivity contribution >= 4 is 5.91 Å². The largest absolute Gasteiger partial charge is 0.486 e. The Labute approximate surface area is 130 Å². The lowest BCUT2D eigenvalue weighted by molar-refractivity contribution is 0.0936. The van der Waals surface area contributed by atoms with E-state index in [-0.39, 0.29) is 5.91 Å². The summed E-state index contributed by atoms with van der Waals surface area (Å²) in [6, 6.07) is 5.88. The van der Waals surface area contributed by atoms with Crippen LogP contribution in [0.1, 0.15) is 29.6 Å². The van der Waals surface area contributed by atoms with Gasteiger partial charge in [-0.3, -0.25) is 4.79 Å². The quantitative estimate of drug-likeness (QED) is 0.890.